The van der Waals surface area contributed by atoms with E-state index < -0.39 is 0 Å². The summed E-state index contributed by atoms with van der Waals surface area (Å²) in [7, 11) is 0. The van der Waals surface area contributed by atoms with E-state index >= 15 is 0 Å². The van der Waals surface area contributed by atoms with E-state index in [1.807, 2.05) is 26.0 Å². The minimum Gasteiger partial charge on any atom is -0.493 e. The number of hydrogen-bond acceptors (Lipinski definition) is 3. The number of ether oxygens (including phenoxy) is 1. The number of nitrogens with zero attached hydrogens (tertiary/aromatic N) is 1. The lowest BCUT2D eigenvalue weighted by Crippen LogP contribution is -2.28. The first kappa shape index (κ1) is 16.2. The van der Waals surface area contributed by atoms with Crippen molar-refractivity contribution < 1.29 is 9.13 Å². The van der Waals surface area contributed by atoms with Crippen LogP contribution in [0.2, 0.25) is 0 Å². The van der Waals surface area contributed by atoms with Gasteiger partial charge in [0.25, 0.3) is 0 Å². The van der Waals surface area contributed by atoms with Crippen LogP contribution in [0, 0.1) is 12.7 Å². The molecule has 0 radical (unpaired) electrons. The number of halogens is 1. The molecule has 0 atom stereocenters. The number of nitrogens with one attached hydrogen (secondary N) is 2. The van der Waals surface area contributed by atoms with Gasteiger partial charge in [-0.2, -0.15) is 0 Å². The molecule has 0 bridgehead atoms. The zero-order chi connectivity index (χ0) is 15.9. The normalized spacial score (nSPS) is 10.1. The Morgan fingerprint density at radius 2 is 2.14 bits per heavy atom. The molecule has 0 saturated heterocycles. The number of benzene rings is 1. The molecule has 4 nitrogen and oxygen atoms in total. The van der Waals surface area contributed by atoms with Gasteiger partial charge in [0, 0.05) is 18.3 Å². The molecule has 0 aliphatic rings. The molecule has 0 unspecified atom stereocenters. The molecule has 2 rings (SSSR count). The van der Waals surface area contributed by atoms with Crippen LogP contribution in [0.3, 0.4) is 0 Å². The fraction of sp³-hybridized carbons (Fsp3) is 0.250. The van der Waals surface area contributed by atoms with Crippen LogP contribution in [0.1, 0.15) is 18.1 Å². The molecule has 0 fully saturated rings. The number of anilines is 1. The molecule has 2 N–H and O–H groups in total. The maximum absolute atomic E-state index is 13.9. The van der Waals surface area contributed by atoms with Gasteiger partial charge >= 0.3 is 0 Å². The average molecular weight is 319 g/mol. The fourth-order valence-corrected chi connectivity index (χ4v) is 2.05. The van der Waals surface area contributed by atoms with Crippen LogP contribution in [0.4, 0.5) is 10.2 Å². The molecule has 0 saturated carbocycles. The summed E-state index contributed by atoms with van der Waals surface area (Å²) < 4.78 is 19.3. The highest BCUT2D eigenvalue weighted by Gasteiger charge is 2.10. The largest absolute Gasteiger partial charge is 0.493 e. The SMILES string of the molecule is CCOc1cccc(F)c1CNC(=S)Nc1ccc(C)cn1. The Bertz CT molecular complexity index is 646. The highest BCUT2D eigenvalue weighted by Crippen LogP contribution is 2.21. The molecule has 1 heterocycles. The highest BCUT2D eigenvalue weighted by molar-refractivity contribution is 7.80. The van der Waals surface area contributed by atoms with Crippen LogP contribution < -0.4 is 15.4 Å². The monoisotopic (exact) mass is 319 g/mol. The number of thiocarbonyl (C=S) groups is 1. The van der Waals surface area contributed by atoms with Crippen LogP contribution >= 0.6 is 12.2 Å². The van der Waals surface area contributed by atoms with E-state index in [1.165, 1.54) is 6.07 Å². The summed E-state index contributed by atoms with van der Waals surface area (Å²) in [5.74, 6) is 0.836. The van der Waals surface area contributed by atoms with Gasteiger partial charge in [-0.1, -0.05) is 12.1 Å². The first-order chi connectivity index (χ1) is 10.6. The number of rotatable bonds is 5. The van der Waals surface area contributed by atoms with E-state index in [0.29, 0.717) is 28.9 Å². The van der Waals surface area contributed by atoms with Crippen molar-refractivity contribution in [1.29, 1.82) is 0 Å². The van der Waals surface area contributed by atoms with Gasteiger partial charge in [-0.15, -0.1) is 0 Å². The van der Waals surface area contributed by atoms with E-state index in [0.717, 1.165) is 5.56 Å². The lowest BCUT2D eigenvalue weighted by atomic mass is 10.2. The predicted octanol–water partition coefficient (Wildman–Crippen LogP) is 3.41. The molecule has 0 aliphatic heterocycles. The summed E-state index contributed by atoms with van der Waals surface area (Å²) in [6.07, 6.45) is 1.75. The van der Waals surface area contributed by atoms with Crippen molar-refractivity contribution >= 4 is 23.1 Å². The second-order valence-electron chi connectivity index (χ2n) is 4.68. The predicted molar refractivity (Wildman–Crippen MR) is 89.6 cm³/mol. The fourth-order valence-electron chi connectivity index (χ4n) is 1.87. The van der Waals surface area contributed by atoms with Crippen molar-refractivity contribution in [2.24, 2.45) is 0 Å². The first-order valence-corrected chi connectivity index (χ1v) is 7.38. The van der Waals surface area contributed by atoms with E-state index in [9.17, 15) is 4.39 Å². The van der Waals surface area contributed by atoms with E-state index in [-0.39, 0.29) is 12.4 Å². The van der Waals surface area contributed by atoms with Crippen molar-refractivity contribution in [3.05, 3.63) is 53.5 Å². The van der Waals surface area contributed by atoms with Gasteiger partial charge in [0.15, 0.2) is 5.11 Å². The summed E-state index contributed by atoms with van der Waals surface area (Å²) >= 11 is 5.19. The Balaban J connectivity index is 1.97. The quantitative estimate of drug-likeness (QED) is 0.827. The molecule has 0 amide bonds. The van der Waals surface area contributed by atoms with Gasteiger partial charge in [-0.25, -0.2) is 9.37 Å². The van der Waals surface area contributed by atoms with Gasteiger partial charge in [-0.3, -0.25) is 0 Å². The molecule has 116 valence electrons. The zero-order valence-electron chi connectivity index (χ0n) is 12.5. The average Bonchev–Trinajstić information content (AvgIpc) is 2.49. The van der Waals surface area contributed by atoms with E-state index in [1.54, 1.807) is 18.3 Å². The number of pyridine rings is 1. The molecule has 6 heteroatoms. The molecular formula is C16H18FN3OS. The van der Waals surface area contributed by atoms with Gasteiger partial charge in [0.1, 0.15) is 17.4 Å². The zero-order valence-corrected chi connectivity index (χ0v) is 13.3. The third-order valence-corrected chi connectivity index (χ3v) is 3.20. The molecule has 0 aliphatic carbocycles. The number of aryl methyl sites for hydroxylation is 1. The Kier molecular flexibility index (Phi) is 5.66. The summed E-state index contributed by atoms with van der Waals surface area (Å²) in [5, 5.41) is 6.30. The minimum atomic E-state index is -0.324. The molecule has 1 aromatic carbocycles. The lowest BCUT2D eigenvalue weighted by molar-refractivity contribution is 0.333. The minimum absolute atomic E-state index is 0.236. The van der Waals surface area contributed by atoms with Gasteiger partial charge in [0.2, 0.25) is 0 Å². The molecule has 22 heavy (non-hydrogen) atoms. The second-order valence-corrected chi connectivity index (χ2v) is 5.09. The number of hydrogen-bond donors (Lipinski definition) is 2. The topological polar surface area (TPSA) is 46.2 Å². The molecule has 1 aromatic heterocycles. The van der Waals surface area contributed by atoms with Crippen molar-refractivity contribution in [2.45, 2.75) is 20.4 Å². The van der Waals surface area contributed by atoms with Crippen molar-refractivity contribution in [3.8, 4) is 5.75 Å². The standard InChI is InChI=1S/C16H18FN3OS/c1-3-21-14-6-4-5-13(17)12(14)10-19-16(22)20-15-8-7-11(2)9-18-15/h4-9H,3,10H2,1-2H3,(H2,18,19,20,22). The Labute approximate surface area is 134 Å². The second kappa shape index (κ2) is 7.70. The third-order valence-electron chi connectivity index (χ3n) is 2.95. The molecule has 0 spiro atoms. The van der Waals surface area contributed by atoms with Crippen LogP contribution in [0.5, 0.6) is 5.75 Å². The van der Waals surface area contributed by atoms with E-state index in [2.05, 4.69) is 15.6 Å². The Morgan fingerprint density at radius 3 is 2.82 bits per heavy atom. The summed E-state index contributed by atoms with van der Waals surface area (Å²) in [6.45, 7) is 4.53. The summed E-state index contributed by atoms with van der Waals surface area (Å²) in [5.41, 5.74) is 1.52. The van der Waals surface area contributed by atoms with Gasteiger partial charge < -0.3 is 15.4 Å². The summed E-state index contributed by atoms with van der Waals surface area (Å²) in [4.78, 5) is 4.20. The third kappa shape index (κ3) is 4.39. The van der Waals surface area contributed by atoms with Crippen molar-refractivity contribution in [3.63, 3.8) is 0 Å². The maximum atomic E-state index is 13.9. The van der Waals surface area contributed by atoms with Crippen LogP contribution in [-0.2, 0) is 6.54 Å². The van der Waals surface area contributed by atoms with Gasteiger partial charge in [0.05, 0.1) is 6.61 Å². The first-order valence-electron chi connectivity index (χ1n) is 6.98. The smallest absolute Gasteiger partial charge is 0.172 e. The molecule has 2 aromatic rings. The maximum Gasteiger partial charge on any atom is 0.172 e. The van der Waals surface area contributed by atoms with Crippen molar-refractivity contribution in [2.75, 3.05) is 11.9 Å². The number of aromatic nitrogens is 1. The lowest BCUT2D eigenvalue weighted by Gasteiger charge is -2.14. The van der Waals surface area contributed by atoms with Crippen LogP contribution in [0.15, 0.2) is 36.5 Å². The van der Waals surface area contributed by atoms with Crippen LogP contribution in [0.25, 0.3) is 0 Å². The molecular weight excluding hydrogens is 301 g/mol. The Hall–Kier alpha value is -2.21. The van der Waals surface area contributed by atoms with E-state index in [4.69, 9.17) is 17.0 Å². The highest BCUT2D eigenvalue weighted by atomic mass is 32.1. The Morgan fingerprint density at radius 1 is 1.32 bits per heavy atom. The van der Waals surface area contributed by atoms with Crippen LogP contribution in [-0.4, -0.2) is 16.7 Å². The summed E-state index contributed by atoms with van der Waals surface area (Å²) in [6, 6.07) is 8.52. The van der Waals surface area contributed by atoms with Crippen molar-refractivity contribution in [1.82, 2.24) is 10.3 Å². The van der Waals surface area contributed by atoms with Gasteiger partial charge in [-0.05, 0) is 49.8 Å².